The van der Waals surface area contributed by atoms with E-state index in [9.17, 15) is 13.2 Å². The van der Waals surface area contributed by atoms with E-state index in [4.69, 9.17) is 16.3 Å². The van der Waals surface area contributed by atoms with Crippen molar-refractivity contribution in [2.45, 2.75) is 38.5 Å². The molecule has 7 heteroatoms. The van der Waals surface area contributed by atoms with E-state index in [-0.39, 0.29) is 11.4 Å². The zero-order valence-corrected chi connectivity index (χ0v) is 14.0. The van der Waals surface area contributed by atoms with Crippen molar-refractivity contribution in [1.29, 1.82) is 0 Å². The maximum absolute atomic E-state index is 12.2. The Hall–Kier alpha value is -1.11. The highest BCUT2D eigenvalue weighted by Crippen LogP contribution is 2.23. The SMILES string of the molecule is CCCCOC(=O)CNS(=O)(=O)c1cc(C)c(Cl)cc1C. The van der Waals surface area contributed by atoms with Crippen LogP contribution in [0.25, 0.3) is 0 Å². The highest BCUT2D eigenvalue weighted by atomic mass is 35.5. The second kappa shape index (κ2) is 7.77. The van der Waals surface area contributed by atoms with Gasteiger partial charge in [-0.3, -0.25) is 4.79 Å². The van der Waals surface area contributed by atoms with E-state index in [1.807, 2.05) is 6.92 Å². The molecule has 0 bridgehead atoms. The van der Waals surface area contributed by atoms with Crippen LogP contribution in [-0.4, -0.2) is 27.5 Å². The third-order valence-electron chi connectivity index (χ3n) is 2.91. The molecule has 0 unspecified atom stereocenters. The van der Waals surface area contributed by atoms with Crippen LogP contribution in [0, 0.1) is 13.8 Å². The molecule has 21 heavy (non-hydrogen) atoms. The summed E-state index contributed by atoms with van der Waals surface area (Å²) in [7, 11) is -3.77. The fourth-order valence-electron chi connectivity index (χ4n) is 1.66. The number of nitrogens with one attached hydrogen (secondary N) is 1. The molecule has 1 rings (SSSR count). The number of unbranched alkanes of at least 4 members (excludes halogenated alkanes) is 1. The lowest BCUT2D eigenvalue weighted by Gasteiger charge is -2.11. The van der Waals surface area contributed by atoms with Crippen LogP contribution >= 0.6 is 11.6 Å². The van der Waals surface area contributed by atoms with Crippen LogP contribution in [0.4, 0.5) is 0 Å². The molecule has 0 saturated heterocycles. The Morgan fingerprint density at radius 1 is 1.29 bits per heavy atom. The average Bonchev–Trinajstić information content (AvgIpc) is 2.41. The third-order valence-corrected chi connectivity index (χ3v) is 4.86. The fourth-order valence-corrected chi connectivity index (χ4v) is 3.15. The van der Waals surface area contributed by atoms with Gasteiger partial charge in [0.05, 0.1) is 11.5 Å². The zero-order valence-electron chi connectivity index (χ0n) is 12.4. The molecule has 1 aromatic carbocycles. The van der Waals surface area contributed by atoms with Crippen molar-refractivity contribution in [1.82, 2.24) is 4.72 Å². The molecular weight excluding hydrogens is 314 g/mol. The molecule has 0 spiro atoms. The normalized spacial score (nSPS) is 11.4. The van der Waals surface area contributed by atoms with Gasteiger partial charge in [0, 0.05) is 5.02 Å². The summed E-state index contributed by atoms with van der Waals surface area (Å²) in [5, 5.41) is 0.505. The molecule has 0 aliphatic heterocycles. The second-order valence-corrected chi connectivity index (χ2v) is 6.91. The molecule has 0 aliphatic carbocycles. The molecular formula is C14H20ClNO4S. The first-order valence-electron chi connectivity index (χ1n) is 6.70. The van der Waals surface area contributed by atoms with Gasteiger partial charge in [-0.25, -0.2) is 8.42 Å². The van der Waals surface area contributed by atoms with Crippen LogP contribution in [0.3, 0.4) is 0 Å². The van der Waals surface area contributed by atoms with Gasteiger partial charge in [-0.1, -0.05) is 24.9 Å². The molecule has 1 N–H and O–H groups in total. The van der Waals surface area contributed by atoms with Gasteiger partial charge in [0.15, 0.2) is 0 Å². The molecule has 0 saturated carbocycles. The van der Waals surface area contributed by atoms with Gasteiger partial charge in [-0.15, -0.1) is 0 Å². The summed E-state index contributed by atoms with van der Waals surface area (Å²) in [6, 6.07) is 3.08. The van der Waals surface area contributed by atoms with Crippen molar-refractivity contribution in [2.24, 2.45) is 0 Å². The molecule has 0 fully saturated rings. The minimum atomic E-state index is -3.77. The van der Waals surface area contributed by atoms with Gasteiger partial charge in [-0.05, 0) is 43.5 Å². The molecule has 118 valence electrons. The number of benzene rings is 1. The number of rotatable bonds is 7. The predicted octanol–water partition coefficient (Wildman–Crippen LogP) is 2.58. The van der Waals surface area contributed by atoms with Crippen molar-refractivity contribution in [3.8, 4) is 0 Å². The van der Waals surface area contributed by atoms with Crippen molar-refractivity contribution < 1.29 is 17.9 Å². The first-order chi connectivity index (χ1) is 9.77. The maximum atomic E-state index is 12.2. The van der Waals surface area contributed by atoms with Gasteiger partial charge in [0.2, 0.25) is 10.0 Å². The van der Waals surface area contributed by atoms with E-state index in [1.165, 1.54) is 6.07 Å². The topological polar surface area (TPSA) is 72.5 Å². The molecule has 0 aromatic heterocycles. The molecule has 0 radical (unpaired) electrons. The minimum Gasteiger partial charge on any atom is -0.465 e. The first-order valence-corrected chi connectivity index (χ1v) is 8.56. The third kappa shape index (κ3) is 5.30. The van der Waals surface area contributed by atoms with Gasteiger partial charge in [0.25, 0.3) is 0 Å². The van der Waals surface area contributed by atoms with E-state index in [1.54, 1.807) is 19.9 Å². The first kappa shape index (κ1) is 17.9. The van der Waals surface area contributed by atoms with Crippen LogP contribution in [0.5, 0.6) is 0 Å². The zero-order chi connectivity index (χ0) is 16.0. The summed E-state index contributed by atoms with van der Waals surface area (Å²) in [4.78, 5) is 11.5. The van der Waals surface area contributed by atoms with Crippen LogP contribution in [0.15, 0.2) is 17.0 Å². The maximum Gasteiger partial charge on any atom is 0.321 e. The number of sulfonamides is 1. The van der Waals surface area contributed by atoms with Crippen LogP contribution in [-0.2, 0) is 19.6 Å². The molecule has 1 aromatic rings. The number of ether oxygens (including phenoxy) is 1. The number of aryl methyl sites for hydroxylation is 2. The lowest BCUT2D eigenvalue weighted by Crippen LogP contribution is -2.31. The number of carbonyl (C=O) groups excluding carboxylic acids is 1. The van der Waals surface area contributed by atoms with E-state index < -0.39 is 16.0 Å². The minimum absolute atomic E-state index is 0.116. The largest absolute Gasteiger partial charge is 0.465 e. The Balaban J connectivity index is 2.74. The van der Waals surface area contributed by atoms with Crippen LogP contribution < -0.4 is 4.72 Å². The second-order valence-electron chi connectivity index (χ2n) is 4.77. The summed E-state index contributed by atoms with van der Waals surface area (Å²) < 4.78 is 31.5. The van der Waals surface area contributed by atoms with E-state index in [0.29, 0.717) is 22.8 Å². The standard InChI is InChI=1S/C14H20ClNO4S/c1-4-5-6-20-14(17)9-16-21(18,19)13-8-10(2)12(15)7-11(13)3/h7-8,16H,4-6,9H2,1-3H3. The lowest BCUT2D eigenvalue weighted by atomic mass is 10.2. The van der Waals surface area contributed by atoms with Crippen LogP contribution in [0.2, 0.25) is 5.02 Å². The molecule has 0 amide bonds. The van der Waals surface area contributed by atoms with Crippen molar-refractivity contribution in [3.05, 3.63) is 28.3 Å². The number of hydrogen-bond acceptors (Lipinski definition) is 4. The number of esters is 1. The number of hydrogen-bond donors (Lipinski definition) is 1. The Kier molecular flexibility index (Phi) is 6.64. The summed E-state index contributed by atoms with van der Waals surface area (Å²) >= 11 is 5.95. The summed E-state index contributed by atoms with van der Waals surface area (Å²) in [6.45, 7) is 5.27. The van der Waals surface area contributed by atoms with Crippen molar-refractivity contribution in [2.75, 3.05) is 13.2 Å². The molecule has 0 heterocycles. The van der Waals surface area contributed by atoms with E-state index in [2.05, 4.69) is 4.72 Å². The lowest BCUT2D eigenvalue weighted by molar-refractivity contribution is -0.142. The van der Waals surface area contributed by atoms with Crippen LogP contribution in [0.1, 0.15) is 30.9 Å². The van der Waals surface area contributed by atoms with Gasteiger partial charge < -0.3 is 4.74 Å². The Bertz CT molecular complexity index is 614. The summed E-state index contributed by atoms with van der Waals surface area (Å²) in [5.74, 6) is -0.588. The Morgan fingerprint density at radius 2 is 1.95 bits per heavy atom. The van der Waals surface area contributed by atoms with Crippen molar-refractivity contribution >= 4 is 27.6 Å². The number of carbonyl (C=O) groups is 1. The monoisotopic (exact) mass is 333 g/mol. The Morgan fingerprint density at radius 3 is 2.57 bits per heavy atom. The van der Waals surface area contributed by atoms with E-state index >= 15 is 0 Å². The summed E-state index contributed by atoms with van der Waals surface area (Å²) in [6.07, 6.45) is 1.66. The smallest absolute Gasteiger partial charge is 0.321 e. The number of halogens is 1. The molecule has 5 nitrogen and oxygen atoms in total. The van der Waals surface area contributed by atoms with Gasteiger partial charge >= 0.3 is 5.97 Å². The Labute approximate surface area is 130 Å². The predicted molar refractivity (Wildman–Crippen MR) is 82.0 cm³/mol. The van der Waals surface area contributed by atoms with Crippen molar-refractivity contribution in [3.63, 3.8) is 0 Å². The highest BCUT2D eigenvalue weighted by molar-refractivity contribution is 7.89. The van der Waals surface area contributed by atoms with Gasteiger partial charge in [-0.2, -0.15) is 4.72 Å². The fraction of sp³-hybridized carbons (Fsp3) is 0.500. The van der Waals surface area contributed by atoms with Gasteiger partial charge in [0.1, 0.15) is 6.54 Å². The average molecular weight is 334 g/mol. The molecule has 0 aliphatic rings. The highest BCUT2D eigenvalue weighted by Gasteiger charge is 2.19. The molecule has 0 atom stereocenters. The van der Waals surface area contributed by atoms with E-state index in [0.717, 1.165) is 12.8 Å². The quantitative estimate of drug-likeness (QED) is 0.615. The summed E-state index contributed by atoms with van der Waals surface area (Å²) in [5.41, 5.74) is 1.19.